The van der Waals surface area contributed by atoms with Crippen molar-refractivity contribution < 1.29 is 9.90 Å². The van der Waals surface area contributed by atoms with E-state index in [1.54, 1.807) is 24.0 Å². The molecule has 1 atom stereocenters. The predicted molar refractivity (Wildman–Crippen MR) is 85.5 cm³/mol. The maximum Gasteiger partial charge on any atom is 0.251 e. The number of thioether (sulfide) groups is 1. The second kappa shape index (κ2) is 5.97. The summed E-state index contributed by atoms with van der Waals surface area (Å²) in [6, 6.07) is 3.53. The van der Waals surface area contributed by atoms with Crippen molar-refractivity contribution >= 4 is 17.7 Å². The number of amides is 1. The Morgan fingerprint density at radius 2 is 2.10 bits per heavy atom. The van der Waals surface area contributed by atoms with Gasteiger partial charge >= 0.3 is 0 Å². The maximum atomic E-state index is 12.4. The van der Waals surface area contributed by atoms with Crippen molar-refractivity contribution in [2.75, 3.05) is 6.61 Å². The number of rotatable bonds is 5. The first-order valence-corrected chi connectivity index (χ1v) is 8.13. The minimum absolute atomic E-state index is 0.0297. The quantitative estimate of drug-likeness (QED) is 0.821. The SMILES string of the molecule is CC(C)(C)Sc1cc(C(=O)NC(C)(CO)C2CC2)ccn1. The number of hydrogen-bond acceptors (Lipinski definition) is 4. The lowest BCUT2D eigenvalue weighted by atomic mass is 9.96. The highest BCUT2D eigenvalue weighted by molar-refractivity contribution is 8.00. The Labute approximate surface area is 130 Å². The molecule has 1 heterocycles. The van der Waals surface area contributed by atoms with E-state index in [0.29, 0.717) is 11.5 Å². The van der Waals surface area contributed by atoms with E-state index >= 15 is 0 Å². The van der Waals surface area contributed by atoms with E-state index in [4.69, 9.17) is 0 Å². The lowest BCUT2D eigenvalue weighted by Crippen LogP contribution is -2.50. The molecule has 1 aliphatic carbocycles. The summed E-state index contributed by atoms with van der Waals surface area (Å²) in [5.41, 5.74) is 0.0783. The van der Waals surface area contributed by atoms with Crippen molar-refractivity contribution in [1.29, 1.82) is 0 Å². The van der Waals surface area contributed by atoms with Gasteiger partial charge in [-0.1, -0.05) is 20.8 Å². The van der Waals surface area contributed by atoms with Crippen LogP contribution in [0.25, 0.3) is 0 Å². The summed E-state index contributed by atoms with van der Waals surface area (Å²) in [5.74, 6) is 0.244. The lowest BCUT2D eigenvalue weighted by Gasteiger charge is -2.28. The van der Waals surface area contributed by atoms with E-state index in [1.165, 1.54) is 0 Å². The van der Waals surface area contributed by atoms with Gasteiger partial charge in [-0.2, -0.15) is 0 Å². The molecule has 0 bridgehead atoms. The van der Waals surface area contributed by atoms with Crippen LogP contribution in [0.15, 0.2) is 23.4 Å². The van der Waals surface area contributed by atoms with Gasteiger partial charge in [-0.25, -0.2) is 4.98 Å². The van der Waals surface area contributed by atoms with E-state index < -0.39 is 5.54 Å². The van der Waals surface area contributed by atoms with Gasteiger partial charge in [0.1, 0.15) is 0 Å². The van der Waals surface area contributed by atoms with E-state index in [2.05, 4.69) is 31.1 Å². The van der Waals surface area contributed by atoms with Gasteiger partial charge in [0.05, 0.1) is 17.2 Å². The fourth-order valence-corrected chi connectivity index (χ4v) is 3.17. The van der Waals surface area contributed by atoms with E-state index in [1.807, 2.05) is 13.0 Å². The molecule has 1 aromatic heterocycles. The molecule has 1 aromatic rings. The van der Waals surface area contributed by atoms with Gasteiger partial charge in [0, 0.05) is 16.5 Å². The average Bonchev–Trinajstić information content (AvgIpc) is 3.21. The van der Waals surface area contributed by atoms with Crippen molar-refractivity contribution in [2.45, 2.75) is 55.8 Å². The molecular formula is C16H24N2O2S. The summed E-state index contributed by atoms with van der Waals surface area (Å²) in [6.07, 6.45) is 3.80. The van der Waals surface area contributed by atoms with Crippen LogP contribution in [0, 0.1) is 5.92 Å². The first kappa shape index (κ1) is 16.3. The van der Waals surface area contributed by atoms with Crippen LogP contribution in [0.1, 0.15) is 50.9 Å². The summed E-state index contributed by atoms with van der Waals surface area (Å²) >= 11 is 1.63. The molecule has 1 unspecified atom stereocenters. The number of aliphatic hydroxyl groups excluding tert-OH is 1. The molecule has 2 N–H and O–H groups in total. The molecule has 21 heavy (non-hydrogen) atoms. The molecule has 2 rings (SSSR count). The first-order chi connectivity index (χ1) is 9.73. The minimum atomic E-state index is -0.516. The van der Waals surface area contributed by atoms with Crippen LogP contribution in [0.5, 0.6) is 0 Å². The number of hydrogen-bond donors (Lipinski definition) is 2. The lowest BCUT2D eigenvalue weighted by molar-refractivity contribution is 0.0824. The second-order valence-electron chi connectivity index (χ2n) is 6.90. The zero-order valence-corrected chi connectivity index (χ0v) is 14.0. The molecule has 0 spiro atoms. The highest BCUT2D eigenvalue weighted by Gasteiger charge is 2.42. The van der Waals surface area contributed by atoms with Crippen molar-refractivity contribution in [3.05, 3.63) is 23.9 Å². The average molecular weight is 308 g/mol. The van der Waals surface area contributed by atoms with Crippen molar-refractivity contribution in [3.63, 3.8) is 0 Å². The number of aliphatic hydroxyl groups is 1. The number of nitrogens with zero attached hydrogens (tertiary/aromatic N) is 1. The van der Waals surface area contributed by atoms with E-state index in [0.717, 1.165) is 17.9 Å². The van der Waals surface area contributed by atoms with Crippen LogP contribution < -0.4 is 5.32 Å². The highest BCUT2D eigenvalue weighted by atomic mass is 32.2. The predicted octanol–water partition coefficient (Wildman–Crippen LogP) is 2.86. The molecule has 116 valence electrons. The topological polar surface area (TPSA) is 62.2 Å². The molecule has 1 saturated carbocycles. The van der Waals surface area contributed by atoms with Gasteiger partial charge in [-0.05, 0) is 37.8 Å². The fourth-order valence-electron chi connectivity index (χ4n) is 2.24. The standard InChI is InChI=1S/C16H24N2O2S/c1-15(2,3)21-13-9-11(7-8-17-13)14(20)18-16(4,10-19)12-5-6-12/h7-9,12,19H,5-6,10H2,1-4H3,(H,18,20). The van der Waals surface area contributed by atoms with E-state index in [-0.39, 0.29) is 17.3 Å². The zero-order chi connectivity index (χ0) is 15.7. The minimum Gasteiger partial charge on any atom is -0.394 e. The Balaban J connectivity index is 2.10. The molecule has 5 heteroatoms. The number of carbonyl (C=O) groups is 1. The van der Waals surface area contributed by atoms with Crippen LogP contribution in [-0.4, -0.2) is 32.9 Å². The summed E-state index contributed by atoms with van der Waals surface area (Å²) in [4.78, 5) is 16.7. The number of carbonyl (C=O) groups excluding carboxylic acids is 1. The van der Waals surface area contributed by atoms with Crippen LogP contribution in [-0.2, 0) is 0 Å². The Hall–Kier alpha value is -1.07. The van der Waals surface area contributed by atoms with Crippen molar-refractivity contribution in [2.24, 2.45) is 5.92 Å². The summed E-state index contributed by atoms with van der Waals surface area (Å²) < 4.78 is 0.0513. The van der Waals surface area contributed by atoms with Crippen molar-refractivity contribution in [1.82, 2.24) is 10.3 Å². The van der Waals surface area contributed by atoms with Crippen LogP contribution >= 0.6 is 11.8 Å². The molecule has 1 fully saturated rings. The van der Waals surface area contributed by atoms with Gasteiger partial charge < -0.3 is 10.4 Å². The van der Waals surface area contributed by atoms with Crippen LogP contribution in [0.4, 0.5) is 0 Å². The third kappa shape index (κ3) is 4.45. The van der Waals surface area contributed by atoms with Gasteiger partial charge in [0.2, 0.25) is 0 Å². The Kier molecular flexibility index (Phi) is 4.63. The molecule has 0 saturated heterocycles. The van der Waals surface area contributed by atoms with E-state index in [9.17, 15) is 9.90 Å². The summed E-state index contributed by atoms with van der Waals surface area (Å²) in [7, 11) is 0. The summed E-state index contributed by atoms with van der Waals surface area (Å²) in [6.45, 7) is 8.22. The molecule has 1 amide bonds. The fraction of sp³-hybridized carbons (Fsp3) is 0.625. The van der Waals surface area contributed by atoms with Crippen LogP contribution in [0.3, 0.4) is 0 Å². The second-order valence-corrected chi connectivity index (χ2v) is 8.75. The monoisotopic (exact) mass is 308 g/mol. The van der Waals surface area contributed by atoms with Gasteiger partial charge in [0.25, 0.3) is 5.91 Å². The van der Waals surface area contributed by atoms with Crippen LogP contribution in [0.2, 0.25) is 0 Å². The molecular weight excluding hydrogens is 284 g/mol. The molecule has 4 nitrogen and oxygen atoms in total. The van der Waals surface area contributed by atoms with Gasteiger partial charge in [-0.3, -0.25) is 4.79 Å². The molecule has 1 aliphatic rings. The summed E-state index contributed by atoms with van der Waals surface area (Å²) in [5, 5.41) is 13.4. The normalized spacial score (nSPS) is 18.1. The third-order valence-corrected chi connectivity index (χ3v) is 4.66. The Morgan fingerprint density at radius 1 is 1.43 bits per heavy atom. The number of aromatic nitrogens is 1. The maximum absolute atomic E-state index is 12.4. The number of pyridine rings is 1. The first-order valence-electron chi connectivity index (χ1n) is 7.32. The molecule has 0 radical (unpaired) electrons. The molecule has 0 aromatic carbocycles. The van der Waals surface area contributed by atoms with Crippen molar-refractivity contribution in [3.8, 4) is 0 Å². The largest absolute Gasteiger partial charge is 0.394 e. The smallest absolute Gasteiger partial charge is 0.251 e. The Bertz CT molecular complexity index is 523. The Morgan fingerprint density at radius 3 is 2.62 bits per heavy atom. The number of nitrogens with one attached hydrogen (secondary N) is 1. The molecule has 0 aliphatic heterocycles. The highest BCUT2D eigenvalue weighted by Crippen LogP contribution is 2.39. The van der Waals surface area contributed by atoms with Gasteiger partial charge in [0.15, 0.2) is 0 Å². The zero-order valence-electron chi connectivity index (χ0n) is 13.1. The van der Waals surface area contributed by atoms with Gasteiger partial charge in [-0.15, -0.1) is 11.8 Å². The third-order valence-electron chi connectivity index (χ3n) is 3.61.